The summed E-state index contributed by atoms with van der Waals surface area (Å²) in [7, 11) is -3.59. The van der Waals surface area contributed by atoms with Crippen molar-refractivity contribution in [3.05, 3.63) is 84.3 Å². The van der Waals surface area contributed by atoms with Crippen LogP contribution in [0, 0.1) is 12.7 Å². The fourth-order valence-corrected chi connectivity index (χ4v) is 5.56. The molecule has 0 amide bonds. The Morgan fingerprint density at radius 3 is 2.33 bits per heavy atom. The summed E-state index contributed by atoms with van der Waals surface area (Å²) in [5.41, 5.74) is 1.38. The van der Waals surface area contributed by atoms with Crippen LogP contribution >= 0.6 is 0 Å². The summed E-state index contributed by atoms with van der Waals surface area (Å²) in [6.45, 7) is 3.59. The topological polar surface area (TPSA) is 66.4 Å². The van der Waals surface area contributed by atoms with E-state index in [0.717, 1.165) is 16.5 Å². The Bertz CT molecular complexity index is 1430. The van der Waals surface area contributed by atoms with Crippen LogP contribution in [0.4, 0.5) is 10.2 Å². The normalized spacial score (nSPS) is 15.2. The molecular weight excluding hydrogens is 439 g/mol. The Morgan fingerprint density at radius 1 is 0.818 bits per heavy atom. The smallest absolute Gasteiger partial charge is 0.243 e. The monoisotopic (exact) mass is 462 g/mol. The van der Waals surface area contributed by atoms with Crippen LogP contribution in [0.15, 0.2) is 77.7 Å². The lowest BCUT2D eigenvalue weighted by atomic mass is 10.1. The first-order valence-corrected chi connectivity index (χ1v) is 12.2. The lowest BCUT2D eigenvalue weighted by Crippen LogP contribution is -2.49. The minimum Gasteiger partial charge on any atom is -0.354 e. The zero-order valence-corrected chi connectivity index (χ0v) is 19.0. The summed E-state index contributed by atoms with van der Waals surface area (Å²) < 4.78 is 41.7. The average molecular weight is 463 g/mol. The fraction of sp³-hybridized carbons (Fsp3) is 0.200. The van der Waals surface area contributed by atoms with E-state index in [4.69, 9.17) is 0 Å². The molecule has 0 spiro atoms. The number of aromatic nitrogens is 2. The molecule has 1 aromatic heterocycles. The minimum absolute atomic E-state index is 0.306. The van der Waals surface area contributed by atoms with Gasteiger partial charge in [0.2, 0.25) is 10.0 Å². The van der Waals surface area contributed by atoms with Gasteiger partial charge in [-0.25, -0.2) is 22.8 Å². The predicted octanol–water partition coefficient (Wildman–Crippen LogP) is 4.26. The predicted molar refractivity (Wildman–Crippen MR) is 127 cm³/mol. The first-order valence-electron chi connectivity index (χ1n) is 10.8. The molecule has 33 heavy (non-hydrogen) atoms. The van der Waals surface area contributed by atoms with Gasteiger partial charge in [0.1, 0.15) is 11.6 Å². The second-order valence-electron chi connectivity index (χ2n) is 8.10. The number of fused-ring (bicyclic) bond motifs is 1. The van der Waals surface area contributed by atoms with E-state index in [1.165, 1.54) is 16.4 Å². The maximum absolute atomic E-state index is 13.7. The molecule has 2 heterocycles. The summed E-state index contributed by atoms with van der Waals surface area (Å²) in [6.07, 6.45) is 0. The molecule has 168 valence electrons. The van der Waals surface area contributed by atoms with Gasteiger partial charge in [0.25, 0.3) is 0 Å². The van der Waals surface area contributed by atoms with E-state index in [1.54, 1.807) is 24.3 Å². The van der Waals surface area contributed by atoms with E-state index in [9.17, 15) is 12.8 Å². The summed E-state index contributed by atoms with van der Waals surface area (Å²) >= 11 is 0. The van der Waals surface area contributed by atoms with E-state index < -0.39 is 10.0 Å². The number of piperazine rings is 1. The highest BCUT2D eigenvalue weighted by Gasteiger charge is 2.29. The van der Waals surface area contributed by atoms with E-state index in [1.807, 2.05) is 48.2 Å². The zero-order chi connectivity index (χ0) is 23.0. The van der Waals surface area contributed by atoms with Gasteiger partial charge >= 0.3 is 0 Å². The largest absolute Gasteiger partial charge is 0.354 e. The van der Waals surface area contributed by atoms with Crippen molar-refractivity contribution in [2.45, 2.75) is 11.8 Å². The molecular formula is C25H23FN4O2S. The number of hydrogen-bond acceptors (Lipinski definition) is 5. The minimum atomic E-state index is -3.59. The molecule has 0 unspecified atom stereocenters. The zero-order valence-electron chi connectivity index (χ0n) is 18.1. The van der Waals surface area contributed by atoms with Gasteiger partial charge in [-0.1, -0.05) is 42.5 Å². The maximum atomic E-state index is 13.7. The van der Waals surface area contributed by atoms with Crippen LogP contribution in [0.5, 0.6) is 0 Å². The number of benzene rings is 3. The van der Waals surface area contributed by atoms with Crippen molar-refractivity contribution in [2.75, 3.05) is 31.1 Å². The molecule has 1 aliphatic heterocycles. The number of rotatable bonds is 4. The van der Waals surface area contributed by atoms with Gasteiger partial charge in [-0.3, -0.25) is 0 Å². The highest BCUT2D eigenvalue weighted by atomic mass is 32.2. The van der Waals surface area contributed by atoms with E-state index in [0.29, 0.717) is 48.3 Å². The number of nitrogens with zero attached hydrogens (tertiary/aromatic N) is 4. The van der Waals surface area contributed by atoms with Gasteiger partial charge in [-0.05, 0) is 42.0 Å². The lowest BCUT2D eigenvalue weighted by Gasteiger charge is -2.34. The van der Waals surface area contributed by atoms with Crippen molar-refractivity contribution in [2.24, 2.45) is 0 Å². The molecule has 0 saturated carbocycles. The van der Waals surface area contributed by atoms with Gasteiger partial charge in [-0.2, -0.15) is 4.31 Å². The van der Waals surface area contributed by atoms with Gasteiger partial charge in [0.05, 0.1) is 4.90 Å². The van der Waals surface area contributed by atoms with Crippen molar-refractivity contribution < 1.29 is 12.8 Å². The van der Waals surface area contributed by atoms with Crippen LogP contribution in [-0.4, -0.2) is 48.9 Å². The molecule has 6 nitrogen and oxygen atoms in total. The van der Waals surface area contributed by atoms with Gasteiger partial charge in [-0.15, -0.1) is 0 Å². The quantitative estimate of drug-likeness (QED) is 0.454. The third-order valence-electron chi connectivity index (χ3n) is 5.84. The van der Waals surface area contributed by atoms with E-state index in [-0.39, 0.29) is 5.82 Å². The van der Waals surface area contributed by atoms with Crippen molar-refractivity contribution in [3.8, 4) is 11.4 Å². The lowest BCUT2D eigenvalue weighted by molar-refractivity contribution is 0.384. The second kappa shape index (κ2) is 8.53. The van der Waals surface area contributed by atoms with Gasteiger partial charge < -0.3 is 4.90 Å². The van der Waals surface area contributed by atoms with Crippen LogP contribution in [0.2, 0.25) is 0 Å². The average Bonchev–Trinajstić information content (AvgIpc) is 2.83. The van der Waals surface area contributed by atoms with Crippen LogP contribution in [0.3, 0.4) is 0 Å². The Hall–Kier alpha value is -3.36. The highest BCUT2D eigenvalue weighted by Crippen LogP contribution is 2.25. The maximum Gasteiger partial charge on any atom is 0.243 e. The van der Waals surface area contributed by atoms with Gasteiger partial charge in [0.15, 0.2) is 5.82 Å². The Morgan fingerprint density at radius 2 is 1.58 bits per heavy atom. The molecule has 3 aromatic carbocycles. The Kier molecular flexibility index (Phi) is 5.55. The number of halogens is 1. The molecule has 1 aliphatic rings. The van der Waals surface area contributed by atoms with Crippen LogP contribution < -0.4 is 4.90 Å². The first-order chi connectivity index (χ1) is 15.9. The molecule has 0 atom stereocenters. The Balaban J connectivity index is 1.35. The second-order valence-corrected chi connectivity index (χ2v) is 10.0. The molecule has 0 radical (unpaired) electrons. The molecule has 0 N–H and O–H groups in total. The van der Waals surface area contributed by atoms with Crippen molar-refractivity contribution in [1.82, 2.24) is 14.3 Å². The number of hydrogen-bond donors (Lipinski definition) is 0. The van der Waals surface area contributed by atoms with Crippen molar-refractivity contribution >= 4 is 26.6 Å². The van der Waals surface area contributed by atoms with Crippen molar-refractivity contribution in [1.29, 1.82) is 0 Å². The first kappa shape index (κ1) is 21.5. The molecule has 1 fully saturated rings. The summed E-state index contributed by atoms with van der Waals surface area (Å²) in [5.74, 6) is 0.826. The van der Waals surface area contributed by atoms with E-state index in [2.05, 4.69) is 9.97 Å². The molecule has 4 aromatic rings. The van der Waals surface area contributed by atoms with Crippen LogP contribution in [0.25, 0.3) is 22.2 Å². The van der Waals surface area contributed by atoms with E-state index >= 15 is 0 Å². The summed E-state index contributed by atoms with van der Waals surface area (Å²) in [4.78, 5) is 11.4. The number of anilines is 1. The molecule has 5 rings (SSSR count). The summed E-state index contributed by atoms with van der Waals surface area (Å²) in [5, 5.41) is 1.91. The number of sulfonamides is 1. The summed E-state index contributed by atoms with van der Waals surface area (Å²) in [6, 6.07) is 21.0. The molecule has 0 aliphatic carbocycles. The Labute approximate surface area is 192 Å². The van der Waals surface area contributed by atoms with Gasteiger partial charge in [0, 0.05) is 43.5 Å². The SMILES string of the molecule is Cc1cc(N2CCN(S(=O)(=O)c3ccc4ccccc4c3)CC2)nc(-c2cccc(F)c2)n1. The third-order valence-corrected chi connectivity index (χ3v) is 7.74. The van der Waals surface area contributed by atoms with Crippen LogP contribution in [-0.2, 0) is 10.0 Å². The molecule has 1 saturated heterocycles. The number of aryl methyl sites for hydroxylation is 1. The fourth-order valence-electron chi connectivity index (χ4n) is 4.11. The highest BCUT2D eigenvalue weighted by molar-refractivity contribution is 7.89. The standard InChI is InChI=1S/C25H23FN4O2S/c1-18-15-24(28-25(27-18)21-7-4-8-22(26)16-21)29-11-13-30(14-12-29)33(31,32)23-10-9-19-5-2-3-6-20(19)17-23/h2-10,15-17H,11-14H2,1H3. The van der Waals surface area contributed by atoms with Crippen molar-refractivity contribution in [3.63, 3.8) is 0 Å². The molecule has 0 bridgehead atoms. The van der Waals surface area contributed by atoms with Crippen LogP contribution in [0.1, 0.15) is 5.69 Å². The molecule has 8 heteroatoms. The third kappa shape index (κ3) is 4.31.